The van der Waals surface area contributed by atoms with E-state index in [2.05, 4.69) is 16.1 Å². The zero-order chi connectivity index (χ0) is 19.4. The molecule has 3 rings (SSSR count). The number of hydrazine groups is 1. The molecule has 7 nitrogen and oxygen atoms in total. The SMILES string of the molecule is CC[C@@]1(c2ccccc2)NC(=O)N(NC(=S)Nc2ccc(OC)cc2)C1=O. The number of imide groups is 1. The van der Waals surface area contributed by atoms with E-state index in [-0.39, 0.29) is 5.11 Å². The molecule has 27 heavy (non-hydrogen) atoms. The number of rotatable bonds is 5. The first kappa shape index (κ1) is 18.7. The number of carbonyl (C=O) groups is 2. The summed E-state index contributed by atoms with van der Waals surface area (Å²) in [7, 11) is 1.58. The van der Waals surface area contributed by atoms with Gasteiger partial charge in [-0.05, 0) is 48.5 Å². The lowest BCUT2D eigenvalue weighted by molar-refractivity contribution is -0.133. The number of thiocarbonyl (C=S) groups is 1. The van der Waals surface area contributed by atoms with Crippen molar-refractivity contribution >= 4 is 35.0 Å². The Kier molecular flexibility index (Phi) is 5.27. The van der Waals surface area contributed by atoms with Crippen LogP contribution >= 0.6 is 12.2 Å². The second-order valence-corrected chi connectivity index (χ2v) is 6.40. The summed E-state index contributed by atoms with van der Waals surface area (Å²) in [4.78, 5) is 25.4. The summed E-state index contributed by atoms with van der Waals surface area (Å²) < 4.78 is 5.11. The minimum Gasteiger partial charge on any atom is -0.497 e. The van der Waals surface area contributed by atoms with Gasteiger partial charge in [-0.15, -0.1) is 0 Å². The van der Waals surface area contributed by atoms with Gasteiger partial charge in [-0.3, -0.25) is 10.2 Å². The quantitative estimate of drug-likeness (QED) is 0.543. The molecule has 3 amide bonds. The standard InChI is InChI=1S/C19H20N4O3S/c1-3-19(13-7-5-4-6-8-13)16(24)23(18(25)21-19)22-17(27)20-14-9-11-15(26-2)12-10-14/h4-12H,3H2,1-2H3,(H,21,25)(H2,20,22,27)/t19-/m0/s1. The lowest BCUT2D eigenvalue weighted by Gasteiger charge is -2.25. The Morgan fingerprint density at radius 1 is 1.15 bits per heavy atom. The van der Waals surface area contributed by atoms with Gasteiger partial charge in [0.05, 0.1) is 7.11 Å². The molecule has 3 N–H and O–H groups in total. The number of nitrogens with one attached hydrogen (secondary N) is 3. The first-order chi connectivity index (χ1) is 13.0. The van der Waals surface area contributed by atoms with Gasteiger partial charge < -0.3 is 15.4 Å². The molecule has 1 fully saturated rings. The number of amides is 3. The maximum absolute atomic E-state index is 13.0. The van der Waals surface area contributed by atoms with Crippen LogP contribution in [-0.2, 0) is 10.3 Å². The summed E-state index contributed by atoms with van der Waals surface area (Å²) in [6.45, 7) is 1.85. The molecule has 1 atom stereocenters. The lowest BCUT2D eigenvalue weighted by atomic mass is 9.87. The van der Waals surface area contributed by atoms with Crippen LogP contribution in [0.3, 0.4) is 0 Å². The number of carbonyl (C=O) groups excluding carboxylic acids is 2. The van der Waals surface area contributed by atoms with Crippen molar-refractivity contribution in [2.75, 3.05) is 12.4 Å². The number of nitrogens with zero attached hydrogens (tertiary/aromatic N) is 1. The predicted molar refractivity (Wildman–Crippen MR) is 106 cm³/mol. The minimum absolute atomic E-state index is 0.128. The van der Waals surface area contributed by atoms with Crippen molar-refractivity contribution in [1.29, 1.82) is 0 Å². The second-order valence-electron chi connectivity index (χ2n) is 5.99. The molecule has 0 bridgehead atoms. The summed E-state index contributed by atoms with van der Waals surface area (Å²) in [5.74, 6) is 0.309. The van der Waals surface area contributed by atoms with Crippen molar-refractivity contribution in [3.05, 3.63) is 60.2 Å². The fraction of sp³-hybridized carbons (Fsp3) is 0.211. The van der Waals surface area contributed by atoms with Crippen molar-refractivity contribution in [1.82, 2.24) is 15.8 Å². The van der Waals surface area contributed by atoms with E-state index in [0.717, 1.165) is 10.6 Å². The van der Waals surface area contributed by atoms with E-state index >= 15 is 0 Å². The van der Waals surface area contributed by atoms with Crippen LogP contribution in [0, 0.1) is 0 Å². The summed E-state index contributed by atoms with van der Waals surface area (Å²) in [6, 6.07) is 15.7. The number of urea groups is 1. The van der Waals surface area contributed by atoms with Crippen LogP contribution < -0.4 is 20.8 Å². The fourth-order valence-corrected chi connectivity index (χ4v) is 3.18. The molecule has 2 aromatic rings. The molecular formula is C19H20N4O3S. The van der Waals surface area contributed by atoms with Gasteiger partial charge in [0.1, 0.15) is 11.3 Å². The van der Waals surface area contributed by atoms with Gasteiger partial charge in [-0.2, -0.15) is 5.01 Å². The van der Waals surface area contributed by atoms with Gasteiger partial charge in [-0.25, -0.2) is 4.79 Å². The maximum atomic E-state index is 13.0. The molecule has 8 heteroatoms. The summed E-state index contributed by atoms with van der Waals surface area (Å²) in [6.07, 6.45) is 0.415. The lowest BCUT2D eigenvalue weighted by Crippen LogP contribution is -2.49. The fourth-order valence-electron chi connectivity index (χ4n) is 2.97. The van der Waals surface area contributed by atoms with Crippen LogP contribution in [0.25, 0.3) is 0 Å². The van der Waals surface area contributed by atoms with Crippen LogP contribution in [0.15, 0.2) is 54.6 Å². The Bertz CT molecular complexity index is 857. The van der Waals surface area contributed by atoms with Gasteiger partial charge in [0.2, 0.25) is 0 Å². The Labute approximate surface area is 162 Å². The zero-order valence-electron chi connectivity index (χ0n) is 15.0. The molecule has 1 aliphatic rings. The molecule has 0 unspecified atom stereocenters. The Morgan fingerprint density at radius 3 is 2.41 bits per heavy atom. The Hall–Kier alpha value is -3.13. The molecule has 0 saturated carbocycles. The number of hydrogen-bond donors (Lipinski definition) is 3. The molecule has 0 radical (unpaired) electrons. The van der Waals surface area contributed by atoms with Crippen molar-refractivity contribution < 1.29 is 14.3 Å². The molecule has 0 aromatic heterocycles. The van der Waals surface area contributed by atoms with E-state index in [1.807, 2.05) is 37.3 Å². The highest BCUT2D eigenvalue weighted by Gasteiger charge is 2.51. The minimum atomic E-state index is -1.11. The van der Waals surface area contributed by atoms with Gasteiger partial charge in [0, 0.05) is 5.69 Å². The summed E-state index contributed by atoms with van der Waals surface area (Å²) in [5.41, 5.74) is 2.99. The monoisotopic (exact) mass is 384 g/mol. The predicted octanol–water partition coefficient (Wildman–Crippen LogP) is 2.75. The van der Waals surface area contributed by atoms with Crippen molar-refractivity contribution in [2.24, 2.45) is 0 Å². The topological polar surface area (TPSA) is 82.7 Å². The summed E-state index contributed by atoms with van der Waals surface area (Å²) >= 11 is 5.24. The molecule has 140 valence electrons. The van der Waals surface area contributed by atoms with E-state index in [0.29, 0.717) is 17.9 Å². The number of ether oxygens (including phenoxy) is 1. The number of anilines is 1. The number of methoxy groups -OCH3 is 1. The van der Waals surface area contributed by atoms with Gasteiger partial charge in [-0.1, -0.05) is 37.3 Å². The Morgan fingerprint density at radius 2 is 1.81 bits per heavy atom. The molecule has 2 aromatic carbocycles. The third kappa shape index (κ3) is 3.56. The highest BCUT2D eigenvalue weighted by molar-refractivity contribution is 7.80. The highest BCUT2D eigenvalue weighted by atomic mass is 32.1. The second kappa shape index (κ2) is 7.63. The van der Waals surface area contributed by atoms with Crippen LogP contribution in [0.2, 0.25) is 0 Å². The third-order valence-corrected chi connectivity index (χ3v) is 4.64. The largest absolute Gasteiger partial charge is 0.497 e. The number of hydrogen-bond acceptors (Lipinski definition) is 4. The van der Waals surface area contributed by atoms with E-state index in [1.165, 1.54) is 0 Å². The molecule has 1 heterocycles. The molecule has 1 saturated heterocycles. The maximum Gasteiger partial charge on any atom is 0.344 e. The molecule has 0 aliphatic carbocycles. The van der Waals surface area contributed by atoms with E-state index in [9.17, 15) is 9.59 Å². The zero-order valence-corrected chi connectivity index (χ0v) is 15.8. The van der Waals surface area contributed by atoms with E-state index < -0.39 is 17.5 Å². The average molecular weight is 384 g/mol. The summed E-state index contributed by atoms with van der Waals surface area (Å²) in [5, 5.41) is 6.77. The normalized spacial score (nSPS) is 18.8. The first-order valence-corrected chi connectivity index (χ1v) is 8.85. The van der Waals surface area contributed by atoms with Crippen LogP contribution in [-0.4, -0.2) is 29.2 Å². The van der Waals surface area contributed by atoms with Crippen molar-refractivity contribution in [3.63, 3.8) is 0 Å². The third-order valence-electron chi connectivity index (χ3n) is 4.45. The highest BCUT2D eigenvalue weighted by Crippen LogP contribution is 2.31. The van der Waals surface area contributed by atoms with Gasteiger partial charge in [0.25, 0.3) is 5.91 Å². The van der Waals surface area contributed by atoms with E-state index in [1.54, 1.807) is 31.4 Å². The van der Waals surface area contributed by atoms with E-state index in [4.69, 9.17) is 17.0 Å². The van der Waals surface area contributed by atoms with Crippen LogP contribution in [0.4, 0.5) is 10.5 Å². The smallest absolute Gasteiger partial charge is 0.344 e. The van der Waals surface area contributed by atoms with Gasteiger partial charge >= 0.3 is 6.03 Å². The first-order valence-electron chi connectivity index (χ1n) is 8.44. The number of benzene rings is 2. The van der Waals surface area contributed by atoms with Crippen LogP contribution in [0.5, 0.6) is 5.75 Å². The Balaban J connectivity index is 1.74. The van der Waals surface area contributed by atoms with Crippen molar-refractivity contribution in [2.45, 2.75) is 18.9 Å². The van der Waals surface area contributed by atoms with Gasteiger partial charge in [0.15, 0.2) is 5.11 Å². The van der Waals surface area contributed by atoms with Crippen molar-refractivity contribution in [3.8, 4) is 5.75 Å². The average Bonchev–Trinajstić information content (AvgIpc) is 2.94. The molecule has 0 spiro atoms. The van der Waals surface area contributed by atoms with Crippen LogP contribution in [0.1, 0.15) is 18.9 Å². The molecule has 1 aliphatic heterocycles. The molecular weight excluding hydrogens is 364 g/mol.